The lowest BCUT2D eigenvalue weighted by molar-refractivity contribution is -0.437. The first-order chi connectivity index (χ1) is 18.0. The second-order valence-electron chi connectivity index (χ2n) is 9.92. The maximum Gasteiger partial charge on any atom is 0.208 e. The van der Waals surface area contributed by atoms with E-state index in [1.165, 1.54) is 55.2 Å². The number of aryl methyl sites for hydroxylation is 1. The van der Waals surface area contributed by atoms with Crippen molar-refractivity contribution in [3.63, 3.8) is 0 Å². The van der Waals surface area contributed by atoms with Gasteiger partial charge in [-0.25, -0.2) is 0 Å². The van der Waals surface area contributed by atoms with Crippen LogP contribution >= 0.6 is 11.6 Å². The standard InChI is InChI=1S/C34H30ClN2/c1-23-8-4-12-27-22-28(13-5-9-23)36(2)30(27)20-18-25-16-17-26(34(25)35)19-21-31-29-14-6-10-24-11-7-15-32(33(24)29)37(31)3/h4-15,18-21H,1,16-17,22H2,2-3H3/q+1/b8-4-,9-5?,27-12+,28-13+. The zero-order valence-electron chi connectivity index (χ0n) is 21.3. The summed E-state index contributed by atoms with van der Waals surface area (Å²) in [6.07, 6.45) is 24.3. The number of halogens is 1. The third-order valence-electron chi connectivity index (χ3n) is 7.69. The summed E-state index contributed by atoms with van der Waals surface area (Å²) < 4.78 is 4.55. The van der Waals surface area contributed by atoms with Gasteiger partial charge in [0.25, 0.3) is 0 Å². The predicted molar refractivity (Wildman–Crippen MR) is 159 cm³/mol. The highest BCUT2D eigenvalue weighted by Gasteiger charge is 2.28. The lowest BCUT2D eigenvalue weighted by atomic mass is 10.1. The number of rotatable bonds is 3. The van der Waals surface area contributed by atoms with Crippen LogP contribution in [0.15, 0.2) is 131 Å². The third kappa shape index (κ3) is 4.22. The number of allylic oxidation sites excluding steroid dienone is 14. The van der Waals surface area contributed by atoms with Crippen LogP contribution in [0.4, 0.5) is 0 Å². The van der Waals surface area contributed by atoms with Gasteiger partial charge in [0.1, 0.15) is 7.05 Å². The topological polar surface area (TPSA) is 7.94 Å². The zero-order chi connectivity index (χ0) is 25.5. The minimum absolute atomic E-state index is 0.879. The van der Waals surface area contributed by atoms with E-state index in [0.717, 1.165) is 29.9 Å². The first kappa shape index (κ1) is 23.5. The van der Waals surface area contributed by atoms with Gasteiger partial charge in [-0.2, -0.15) is 4.58 Å². The Morgan fingerprint density at radius 1 is 0.973 bits per heavy atom. The molecule has 2 heterocycles. The van der Waals surface area contributed by atoms with Crippen molar-refractivity contribution in [3.8, 4) is 0 Å². The average Bonchev–Trinajstić information content (AvgIpc) is 3.49. The molecule has 0 N–H and O–H groups in total. The zero-order valence-corrected chi connectivity index (χ0v) is 22.1. The Morgan fingerprint density at radius 2 is 1.76 bits per heavy atom. The predicted octanol–water partition coefficient (Wildman–Crippen LogP) is 7.58. The second kappa shape index (κ2) is 9.53. The molecule has 3 aromatic rings. The Kier molecular flexibility index (Phi) is 6.06. The van der Waals surface area contributed by atoms with Crippen molar-refractivity contribution in [2.24, 2.45) is 7.05 Å². The second-order valence-corrected chi connectivity index (χ2v) is 10.3. The molecule has 1 aromatic heterocycles. The minimum Gasteiger partial charge on any atom is -0.344 e. The third-order valence-corrected chi connectivity index (χ3v) is 8.18. The van der Waals surface area contributed by atoms with E-state index in [0.29, 0.717) is 0 Å². The van der Waals surface area contributed by atoms with Gasteiger partial charge in [0.15, 0.2) is 5.70 Å². The van der Waals surface area contributed by atoms with Crippen LogP contribution in [0, 0.1) is 0 Å². The largest absolute Gasteiger partial charge is 0.344 e. The van der Waals surface area contributed by atoms with Crippen LogP contribution in [0.2, 0.25) is 0 Å². The van der Waals surface area contributed by atoms with Crippen molar-refractivity contribution < 1.29 is 4.58 Å². The highest BCUT2D eigenvalue weighted by atomic mass is 35.5. The molecule has 0 fully saturated rings. The van der Waals surface area contributed by atoms with Gasteiger partial charge in [-0.15, -0.1) is 0 Å². The van der Waals surface area contributed by atoms with Gasteiger partial charge in [0, 0.05) is 51.4 Å². The molecule has 2 nitrogen and oxygen atoms in total. The Hall–Kier alpha value is -3.88. The van der Waals surface area contributed by atoms with Crippen molar-refractivity contribution in [1.29, 1.82) is 0 Å². The van der Waals surface area contributed by atoms with Crippen molar-refractivity contribution in [2.45, 2.75) is 19.3 Å². The molecular formula is C34H30ClN2+. The highest BCUT2D eigenvalue weighted by Crippen LogP contribution is 2.35. The molecule has 37 heavy (non-hydrogen) atoms. The molecular weight excluding hydrogens is 472 g/mol. The van der Waals surface area contributed by atoms with E-state index >= 15 is 0 Å². The summed E-state index contributed by atoms with van der Waals surface area (Å²) in [5.41, 5.74) is 8.45. The summed E-state index contributed by atoms with van der Waals surface area (Å²) in [5.74, 6) is 0. The molecule has 0 radical (unpaired) electrons. The van der Waals surface area contributed by atoms with Crippen LogP contribution in [-0.4, -0.2) is 21.9 Å². The van der Waals surface area contributed by atoms with Crippen LogP contribution in [-0.2, 0) is 7.05 Å². The summed E-state index contributed by atoms with van der Waals surface area (Å²) in [4.78, 5) is 0. The van der Waals surface area contributed by atoms with Crippen LogP contribution in [0.5, 0.6) is 0 Å². The molecule has 0 saturated carbocycles. The van der Waals surface area contributed by atoms with Gasteiger partial charge in [-0.3, -0.25) is 0 Å². The van der Waals surface area contributed by atoms with Gasteiger partial charge < -0.3 is 4.57 Å². The normalized spacial score (nSPS) is 23.7. The smallest absolute Gasteiger partial charge is 0.208 e. The summed E-state index contributed by atoms with van der Waals surface area (Å²) in [6.45, 7) is 4.07. The van der Waals surface area contributed by atoms with Gasteiger partial charge in [0.05, 0.1) is 6.42 Å². The van der Waals surface area contributed by atoms with E-state index in [2.05, 4.69) is 115 Å². The lowest BCUT2D eigenvalue weighted by Gasteiger charge is -1.98. The molecule has 2 aliphatic carbocycles. The lowest BCUT2D eigenvalue weighted by Crippen LogP contribution is -2.11. The maximum atomic E-state index is 6.92. The van der Waals surface area contributed by atoms with Crippen LogP contribution in [0.3, 0.4) is 0 Å². The van der Waals surface area contributed by atoms with Gasteiger partial charge in [-0.05, 0) is 47.1 Å². The fourth-order valence-electron chi connectivity index (χ4n) is 5.63. The SMILES string of the molecule is C=C1C=C/C=C2\C/C(=C\C=C/1)C(/C=C/C1=C(Cl)C(=C/C=c3\c4cccc5cccc(c54)n3C)/CC1)=[N+]2C. The van der Waals surface area contributed by atoms with Crippen molar-refractivity contribution in [2.75, 3.05) is 7.05 Å². The van der Waals surface area contributed by atoms with Crippen LogP contribution < -0.4 is 5.35 Å². The van der Waals surface area contributed by atoms with E-state index in [4.69, 9.17) is 11.6 Å². The first-order valence-corrected chi connectivity index (χ1v) is 13.2. The van der Waals surface area contributed by atoms with E-state index < -0.39 is 0 Å². The molecule has 2 bridgehead atoms. The molecule has 0 unspecified atom stereocenters. The number of hydrogen-bond acceptors (Lipinski definition) is 0. The number of fused-ring (bicyclic) bond motifs is 2. The maximum absolute atomic E-state index is 6.92. The quantitative estimate of drug-likeness (QED) is 0.327. The van der Waals surface area contributed by atoms with Crippen molar-refractivity contribution in [3.05, 3.63) is 136 Å². The van der Waals surface area contributed by atoms with Crippen LogP contribution in [0.25, 0.3) is 27.8 Å². The molecule has 6 rings (SSSR count). The van der Waals surface area contributed by atoms with Gasteiger partial charge >= 0.3 is 0 Å². The van der Waals surface area contributed by atoms with Gasteiger partial charge in [0.2, 0.25) is 5.71 Å². The monoisotopic (exact) mass is 501 g/mol. The molecule has 182 valence electrons. The van der Waals surface area contributed by atoms with E-state index in [1.54, 1.807) is 0 Å². The minimum atomic E-state index is 0.879. The summed E-state index contributed by atoms with van der Waals surface area (Å²) in [6, 6.07) is 13.0. The fraction of sp³-hybridized carbons (Fsp3) is 0.147. The van der Waals surface area contributed by atoms with E-state index in [9.17, 15) is 0 Å². The molecule has 0 amide bonds. The van der Waals surface area contributed by atoms with E-state index in [1.807, 2.05) is 12.2 Å². The number of nitrogens with zero attached hydrogens (tertiary/aromatic N) is 2. The molecule has 0 spiro atoms. The average molecular weight is 502 g/mol. The Bertz CT molecular complexity index is 1770. The summed E-state index contributed by atoms with van der Waals surface area (Å²) >= 11 is 6.92. The molecule has 2 aromatic carbocycles. The first-order valence-electron chi connectivity index (χ1n) is 12.8. The Balaban J connectivity index is 1.34. The van der Waals surface area contributed by atoms with E-state index in [-0.39, 0.29) is 0 Å². The summed E-state index contributed by atoms with van der Waals surface area (Å²) in [5, 5.41) is 5.99. The molecule has 3 aliphatic rings. The fourth-order valence-corrected chi connectivity index (χ4v) is 5.94. The number of hydrogen-bond donors (Lipinski definition) is 0. The molecule has 3 heteroatoms. The number of benzene rings is 2. The summed E-state index contributed by atoms with van der Waals surface area (Å²) in [7, 11) is 4.28. The number of aromatic nitrogens is 1. The van der Waals surface area contributed by atoms with Crippen LogP contribution in [0.1, 0.15) is 19.3 Å². The Morgan fingerprint density at radius 3 is 2.59 bits per heavy atom. The Labute approximate surface area is 223 Å². The molecule has 1 aliphatic heterocycles. The molecule has 0 saturated heterocycles. The van der Waals surface area contributed by atoms with Crippen molar-refractivity contribution >= 4 is 45.1 Å². The van der Waals surface area contributed by atoms with Gasteiger partial charge in [-0.1, -0.05) is 91.0 Å². The van der Waals surface area contributed by atoms with Crippen molar-refractivity contribution in [1.82, 2.24) is 4.57 Å². The highest BCUT2D eigenvalue weighted by molar-refractivity contribution is 6.33. The molecule has 0 atom stereocenters.